The van der Waals surface area contributed by atoms with E-state index in [1.54, 1.807) is 36.4 Å². The number of methoxy groups -OCH3 is 4. The number of amides is 1. The quantitative estimate of drug-likeness (QED) is 0.255. The fourth-order valence-electron chi connectivity index (χ4n) is 4.45. The fraction of sp³-hybridized carbons (Fsp3) is 0.214. The van der Waals surface area contributed by atoms with Crippen molar-refractivity contribution < 1.29 is 33.6 Å². The van der Waals surface area contributed by atoms with Crippen molar-refractivity contribution >= 4 is 34.7 Å². The van der Waals surface area contributed by atoms with E-state index >= 15 is 0 Å². The Hall–Kier alpha value is -4.17. The van der Waals surface area contributed by atoms with Crippen molar-refractivity contribution in [1.82, 2.24) is 0 Å². The fourth-order valence-corrected chi connectivity index (χ4v) is 4.65. The SMILES string of the molecule is COc1ccc(Cl)c(/C(O)=C2\C(=O)C(=O)N(c3ccccc3C)C2c2cc(OC)c(OC)c(OC)c2)c1. The molecule has 0 aliphatic carbocycles. The van der Waals surface area contributed by atoms with E-state index in [0.29, 0.717) is 34.2 Å². The molecule has 8 nitrogen and oxygen atoms in total. The minimum atomic E-state index is -1.03. The average molecular weight is 524 g/mol. The summed E-state index contributed by atoms with van der Waals surface area (Å²) in [5.41, 5.74) is 1.75. The molecule has 0 saturated carbocycles. The first-order valence-electron chi connectivity index (χ1n) is 11.3. The summed E-state index contributed by atoms with van der Waals surface area (Å²) in [6.45, 7) is 1.83. The molecular weight excluding hydrogens is 498 g/mol. The highest BCUT2D eigenvalue weighted by atomic mass is 35.5. The van der Waals surface area contributed by atoms with Crippen LogP contribution < -0.4 is 23.8 Å². The number of para-hydroxylation sites is 1. The number of rotatable bonds is 7. The second-order valence-electron chi connectivity index (χ2n) is 8.26. The molecule has 1 unspecified atom stereocenters. The predicted molar refractivity (Wildman–Crippen MR) is 140 cm³/mol. The predicted octanol–water partition coefficient (Wildman–Crippen LogP) is 5.31. The van der Waals surface area contributed by atoms with Crippen molar-refractivity contribution in [3.63, 3.8) is 0 Å². The van der Waals surface area contributed by atoms with E-state index in [4.69, 9.17) is 30.5 Å². The number of ether oxygens (including phenoxy) is 4. The molecule has 1 atom stereocenters. The summed E-state index contributed by atoms with van der Waals surface area (Å²) in [5.74, 6) is -0.678. The van der Waals surface area contributed by atoms with Gasteiger partial charge in [-0.1, -0.05) is 29.8 Å². The zero-order chi connectivity index (χ0) is 26.9. The number of carbonyl (C=O) groups excluding carboxylic acids is 2. The highest BCUT2D eigenvalue weighted by molar-refractivity contribution is 6.52. The molecule has 0 radical (unpaired) electrons. The number of halogens is 1. The van der Waals surface area contributed by atoms with Gasteiger partial charge in [0.1, 0.15) is 11.5 Å². The van der Waals surface area contributed by atoms with Crippen LogP contribution in [0, 0.1) is 6.92 Å². The average Bonchev–Trinajstić information content (AvgIpc) is 3.17. The molecule has 1 heterocycles. The van der Waals surface area contributed by atoms with Gasteiger partial charge in [-0.15, -0.1) is 0 Å². The third kappa shape index (κ3) is 4.44. The molecule has 1 fully saturated rings. The van der Waals surface area contributed by atoms with Crippen LogP contribution in [-0.2, 0) is 9.59 Å². The maximum atomic E-state index is 13.5. The van der Waals surface area contributed by atoms with Gasteiger partial charge in [0, 0.05) is 11.3 Å². The molecule has 1 aliphatic rings. The van der Waals surface area contributed by atoms with E-state index in [2.05, 4.69) is 0 Å². The molecule has 9 heteroatoms. The Morgan fingerprint density at radius 2 is 1.54 bits per heavy atom. The smallest absolute Gasteiger partial charge is 0.300 e. The monoisotopic (exact) mass is 523 g/mol. The van der Waals surface area contributed by atoms with Gasteiger partial charge in [-0.05, 0) is 54.4 Å². The Morgan fingerprint density at radius 3 is 2.11 bits per heavy atom. The van der Waals surface area contributed by atoms with E-state index in [-0.39, 0.29) is 16.2 Å². The number of nitrogens with zero attached hydrogens (tertiary/aromatic N) is 1. The maximum absolute atomic E-state index is 13.5. The van der Waals surface area contributed by atoms with Crippen LogP contribution in [0.2, 0.25) is 5.02 Å². The number of hydrogen-bond acceptors (Lipinski definition) is 7. The van der Waals surface area contributed by atoms with Crippen LogP contribution in [0.15, 0.2) is 60.2 Å². The van der Waals surface area contributed by atoms with Gasteiger partial charge in [-0.25, -0.2) is 0 Å². The molecule has 1 amide bonds. The Bertz CT molecular complexity index is 1390. The molecule has 1 N–H and O–H groups in total. The van der Waals surface area contributed by atoms with E-state index in [1.807, 2.05) is 19.1 Å². The number of anilines is 1. The number of ketones is 1. The van der Waals surface area contributed by atoms with Crippen molar-refractivity contribution in [3.8, 4) is 23.0 Å². The number of aliphatic hydroxyl groups excluding tert-OH is 1. The largest absolute Gasteiger partial charge is 0.507 e. The molecule has 192 valence electrons. The lowest BCUT2D eigenvalue weighted by molar-refractivity contribution is -0.132. The van der Waals surface area contributed by atoms with Gasteiger partial charge < -0.3 is 24.1 Å². The van der Waals surface area contributed by atoms with E-state index in [1.165, 1.54) is 39.4 Å². The zero-order valence-electron chi connectivity index (χ0n) is 21.0. The molecule has 0 spiro atoms. The van der Waals surface area contributed by atoms with Gasteiger partial charge in [-0.2, -0.15) is 0 Å². The summed E-state index contributed by atoms with van der Waals surface area (Å²) >= 11 is 6.40. The molecule has 3 aromatic rings. The normalized spacial score (nSPS) is 16.6. The lowest BCUT2D eigenvalue weighted by Crippen LogP contribution is -2.30. The Labute approximate surface area is 219 Å². The number of Topliss-reactive ketones (excluding diaryl/α,β-unsaturated/α-hetero) is 1. The standard InChI is InChI=1S/C28H26ClNO7/c1-15-8-6-7-9-20(15)30-24(16-12-21(35-3)27(37-5)22(13-16)36-4)23(26(32)28(30)33)25(31)18-14-17(34-2)10-11-19(18)29/h6-14,24,31H,1-5H3/b25-23+. The number of aryl methyl sites for hydroxylation is 1. The lowest BCUT2D eigenvalue weighted by atomic mass is 9.94. The molecule has 0 aromatic heterocycles. The molecular formula is C28H26ClNO7. The van der Waals surface area contributed by atoms with Crippen molar-refractivity contribution in [2.24, 2.45) is 0 Å². The molecule has 4 rings (SSSR count). The van der Waals surface area contributed by atoms with Crippen molar-refractivity contribution in [1.29, 1.82) is 0 Å². The van der Waals surface area contributed by atoms with Crippen LogP contribution in [0.3, 0.4) is 0 Å². The minimum absolute atomic E-state index is 0.141. The van der Waals surface area contributed by atoms with Crippen LogP contribution in [0.5, 0.6) is 23.0 Å². The van der Waals surface area contributed by atoms with Crippen LogP contribution in [0.4, 0.5) is 5.69 Å². The maximum Gasteiger partial charge on any atom is 0.300 e. The van der Waals surface area contributed by atoms with Crippen LogP contribution >= 0.6 is 11.6 Å². The number of benzene rings is 3. The summed E-state index contributed by atoms with van der Waals surface area (Å²) in [4.78, 5) is 28.4. The first-order chi connectivity index (χ1) is 17.8. The van der Waals surface area contributed by atoms with E-state index in [0.717, 1.165) is 5.56 Å². The van der Waals surface area contributed by atoms with Gasteiger partial charge in [0.05, 0.1) is 45.1 Å². The van der Waals surface area contributed by atoms with Gasteiger partial charge in [0.25, 0.3) is 11.7 Å². The summed E-state index contributed by atoms with van der Waals surface area (Å²) in [6, 6.07) is 14.1. The number of aliphatic hydroxyl groups is 1. The topological polar surface area (TPSA) is 94.5 Å². The third-order valence-corrected chi connectivity index (χ3v) is 6.58. The zero-order valence-corrected chi connectivity index (χ0v) is 21.8. The van der Waals surface area contributed by atoms with Crippen LogP contribution in [-0.4, -0.2) is 45.2 Å². The van der Waals surface area contributed by atoms with Gasteiger partial charge in [-0.3, -0.25) is 14.5 Å². The highest BCUT2D eigenvalue weighted by Gasteiger charge is 2.48. The first kappa shape index (κ1) is 25.9. The highest BCUT2D eigenvalue weighted by Crippen LogP contribution is 2.48. The lowest BCUT2D eigenvalue weighted by Gasteiger charge is -2.27. The van der Waals surface area contributed by atoms with E-state index in [9.17, 15) is 14.7 Å². The number of hydrogen-bond donors (Lipinski definition) is 1. The summed E-state index contributed by atoms with van der Waals surface area (Å²) in [5, 5.41) is 11.7. The molecule has 3 aromatic carbocycles. The van der Waals surface area contributed by atoms with Gasteiger partial charge >= 0.3 is 0 Å². The number of carbonyl (C=O) groups is 2. The van der Waals surface area contributed by atoms with Crippen molar-refractivity contribution in [3.05, 3.63) is 81.9 Å². The minimum Gasteiger partial charge on any atom is -0.507 e. The first-order valence-corrected chi connectivity index (χ1v) is 11.7. The summed E-state index contributed by atoms with van der Waals surface area (Å²) in [6.07, 6.45) is 0. The Balaban J connectivity index is 2.06. The van der Waals surface area contributed by atoms with Gasteiger partial charge in [0.15, 0.2) is 11.5 Å². The Morgan fingerprint density at radius 1 is 0.892 bits per heavy atom. The molecule has 1 saturated heterocycles. The molecule has 1 aliphatic heterocycles. The van der Waals surface area contributed by atoms with E-state index < -0.39 is 23.5 Å². The van der Waals surface area contributed by atoms with Crippen LogP contribution in [0.1, 0.15) is 22.7 Å². The summed E-state index contributed by atoms with van der Waals surface area (Å²) in [7, 11) is 5.88. The van der Waals surface area contributed by atoms with Crippen molar-refractivity contribution in [2.45, 2.75) is 13.0 Å². The molecule has 0 bridgehead atoms. The summed E-state index contributed by atoms with van der Waals surface area (Å²) < 4.78 is 21.8. The van der Waals surface area contributed by atoms with Crippen molar-refractivity contribution in [2.75, 3.05) is 33.3 Å². The second kappa shape index (κ2) is 10.4. The van der Waals surface area contributed by atoms with Gasteiger partial charge in [0.2, 0.25) is 5.75 Å². The van der Waals surface area contributed by atoms with Crippen LogP contribution in [0.25, 0.3) is 5.76 Å². The Kier molecular flexibility index (Phi) is 7.31. The molecule has 37 heavy (non-hydrogen) atoms. The third-order valence-electron chi connectivity index (χ3n) is 6.25. The second-order valence-corrected chi connectivity index (χ2v) is 8.67.